The molecule has 1 heterocycles. The van der Waals surface area contributed by atoms with E-state index in [0.717, 1.165) is 30.9 Å². The number of aromatic nitrogens is 2. The standard InChI is InChI=1S/C31H48N2O6P2/c1-2-3-4-5-6-7-8-9-10-11-12-13-14-15-19-22-29-32-30-27(33(29)25-26-20-17-16-18-21-26)23-24-28(40(34,35)36)31(30)41(37,38)39/h16-18,20-21,23-24H,2-15,19,22,25H2,1H3,(H2,34,35,36)(H2,37,38,39). The summed E-state index contributed by atoms with van der Waals surface area (Å²) in [6, 6.07) is 12.3. The number of unbranched alkanes of at least 4 members (excludes halogenated alkanes) is 14. The van der Waals surface area contributed by atoms with Crippen molar-refractivity contribution in [1.29, 1.82) is 0 Å². The monoisotopic (exact) mass is 606 g/mol. The largest absolute Gasteiger partial charge is 0.359 e. The van der Waals surface area contributed by atoms with E-state index in [2.05, 4.69) is 11.9 Å². The molecule has 3 aromatic rings. The van der Waals surface area contributed by atoms with Crippen LogP contribution in [0.25, 0.3) is 11.0 Å². The van der Waals surface area contributed by atoms with Gasteiger partial charge in [0.2, 0.25) is 0 Å². The van der Waals surface area contributed by atoms with E-state index < -0.39 is 25.8 Å². The molecule has 0 spiro atoms. The molecule has 0 saturated heterocycles. The Morgan fingerprint density at radius 3 is 1.66 bits per heavy atom. The summed E-state index contributed by atoms with van der Waals surface area (Å²) in [5, 5.41) is -1.34. The predicted octanol–water partition coefficient (Wildman–Crippen LogP) is 7.10. The normalized spacial score (nSPS) is 12.4. The van der Waals surface area contributed by atoms with Gasteiger partial charge in [-0.05, 0) is 24.1 Å². The Labute approximate surface area is 244 Å². The molecule has 2 aromatic carbocycles. The van der Waals surface area contributed by atoms with Crippen LogP contribution in [-0.4, -0.2) is 29.1 Å². The van der Waals surface area contributed by atoms with Crippen LogP contribution in [0.15, 0.2) is 42.5 Å². The molecule has 1 aromatic heterocycles. The summed E-state index contributed by atoms with van der Waals surface area (Å²) in [7, 11) is -9.94. The first-order valence-electron chi connectivity index (χ1n) is 15.3. The average Bonchev–Trinajstić information content (AvgIpc) is 3.26. The number of aryl methyl sites for hydroxylation is 1. The Bertz CT molecular complexity index is 1300. The van der Waals surface area contributed by atoms with Crippen molar-refractivity contribution in [3.8, 4) is 0 Å². The summed E-state index contributed by atoms with van der Waals surface area (Å²) in [5.41, 5.74) is 1.42. The van der Waals surface area contributed by atoms with Crippen LogP contribution in [0.1, 0.15) is 115 Å². The molecule has 4 N–H and O–H groups in total. The highest BCUT2D eigenvalue weighted by molar-refractivity contribution is 7.67. The van der Waals surface area contributed by atoms with Crippen molar-refractivity contribution in [2.45, 2.75) is 116 Å². The van der Waals surface area contributed by atoms with Gasteiger partial charge in [-0.1, -0.05) is 127 Å². The highest BCUT2D eigenvalue weighted by Crippen LogP contribution is 2.42. The number of benzene rings is 2. The van der Waals surface area contributed by atoms with E-state index in [1.807, 2.05) is 34.9 Å². The molecule has 0 unspecified atom stereocenters. The van der Waals surface area contributed by atoms with Crippen LogP contribution in [0.5, 0.6) is 0 Å². The minimum atomic E-state index is -5.02. The molecule has 228 valence electrons. The van der Waals surface area contributed by atoms with Gasteiger partial charge in [0.05, 0.1) is 10.8 Å². The molecular formula is C31H48N2O6P2. The molecule has 41 heavy (non-hydrogen) atoms. The summed E-state index contributed by atoms with van der Waals surface area (Å²) >= 11 is 0. The van der Waals surface area contributed by atoms with Gasteiger partial charge in [0.25, 0.3) is 0 Å². The third-order valence-corrected chi connectivity index (χ3v) is 9.96. The first-order chi connectivity index (χ1) is 19.6. The summed E-state index contributed by atoms with van der Waals surface area (Å²) in [4.78, 5) is 44.3. The molecule has 0 aliphatic carbocycles. The maximum Gasteiger partial charge on any atom is 0.359 e. The van der Waals surface area contributed by atoms with Crippen molar-refractivity contribution in [2.24, 2.45) is 0 Å². The second-order valence-corrected chi connectivity index (χ2v) is 14.3. The summed E-state index contributed by atoms with van der Waals surface area (Å²) in [6.45, 7) is 2.70. The highest BCUT2D eigenvalue weighted by atomic mass is 31.2. The van der Waals surface area contributed by atoms with E-state index >= 15 is 0 Å². The minimum Gasteiger partial charge on any atom is -0.323 e. The topological polar surface area (TPSA) is 133 Å². The Hall–Kier alpha value is -1.79. The lowest BCUT2D eigenvalue weighted by molar-refractivity contribution is 0.381. The van der Waals surface area contributed by atoms with Crippen molar-refractivity contribution < 1.29 is 28.7 Å². The molecule has 0 bridgehead atoms. The lowest BCUT2D eigenvalue weighted by Crippen LogP contribution is -2.26. The van der Waals surface area contributed by atoms with E-state index in [1.165, 1.54) is 83.1 Å². The first-order valence-corrected chi connectivity index (χ1v) is 18.5. The van der Waals surface area contributed by atoms with Crippen LogP contribution in [0.2, 0.25) is 0 Å². The van der Waals surface area contributed by atoms with Gasteiger partial charge in [-0.2, -0.15) is 0 Å². The fourth-order valence-corrected chi connectivity index (χ4v) is 7.77. The number of imidazole rings is 1. The zero-order valence-corrected chi connectivity index (χ0v) is 26.2. The lowest BCUT2D eigenvalue weighted by atomic mass is 10.0. The van der Waals surface area contributed by atoms with Gasteiger partial charge in [-0.3, -0.25) is 9.13 Å². The number of fused-ring (bicyclic) bond motifs is 1. The zero-order chi connectivity index (χ0) is 29.7. The van der Waals surface area contributed by atoms with Crippen molar-refractivity contribution in [1.82, 2.24) is 9.55 Å². The Morgan fingerprint density at radius 1 is 0.659 bits per heavy atom. The Kier molecular flexibility index (Phi) is 13.8. The Morgan fingerprint density at radius 2 is 1.17 bits per heavy atom. The second-order valence-electron chi connectivity index (χ2n) is 11.2. The van der Waals surface area contributed by atoms with Crippen molar-refractivity contribution in [2.75, 3.05) is 0 Å². The number of hydrogen-bond donors (Lipinski definition) is 4. The smallest absolute Gasteiger partial charge is 0.323 e. The third-order valence-electron chi connectivity index (χ3n) is 7.74. The van der Waals surface area contributed by atoms with E-state index in [9.17, 15) is 28.7 Å². The molecule has 0 aliphatic rings. The third kappa shape index (κ3) is 10.8. The van der Waals surface area contributed by atoms with Crippen LogP contribution in [0.3, 0.4) is 0 Å². The van der Waals surface area contributed by atoms with Crippen LogP contribution in [0.4, 0.5) is 0 Å². The van der Waals surface area contributed by atoms with Gasteiger partial charge in [0, 0.05) is 13.0 Å². The zero-order valence-electron chi connectivity index (χ0n) is 24.5. The van der Waals surface area contributed by atoms with Gasteiger partial charge in [0.1, 0.15) is 16.6 Å². The van der Waals surface area contributed by atoms with E-state index in [1.54, 1.807) is 0 Å². The summed E-state index contributed by atoms with van der Waals surface area (Å²) < 4.78 is 26.4. The molecule has 0 saturated carbocycles. The van der Waals surface area contributed by atoms with Gasteiger partial charge in [-0.25, -0.2) is 4.98 Å². The van der Waals surface area contributed by atoms with E-state index in [-0.39, 0.29) is 5.52 Å². The number of rotatable bonds is 20. The van der Waals surface area contributed by atoms with Gasteiger partial charge in [-0.15, -0.1) is 0 Å². The maximum atomic E-state index is 12.4. The average molecular weight is 607 g/mol. The molecule has 0 atom stereocenters. The highest BCUT2D eigenvalue weighted by Gasteiger charge is 2.35. The van der Waals surface area contributed by atoms with Gasteiger partial charge < -0.3 is 24.1 Å². The lowest BCUT2D eigenvalue weighted by Gasteiger charge is -2.14. The molecular weight excluding hydrogens is 558 g/mol. The maximum absolute atomic E-state index is 12.4. The number of hydrogen-bond acceptors (Lipinski definition) is 3. The fourth-order valence-electron chi connectivity index (χ4n) is 5.52. The van der Waals surface area contributed by atoms with Crippen molar-refractivity contribution >= 4 is 36.8 Å². The number of nitrogens with zero attached hydrogens (tertiary/aromatic N) is 2. The molecule has 0 fully saturated rings. The first kappa shape index (κ1) is 33.7. The van der Waals surface area contributed by atoms with E-state index in [4.69, 9.17) is 0 Å². The molecule has 0 amide bonds. The molecule has 0 aliphatic heterocycles. The minimum absolute atomic E-state index is 0.0361. The van der Waals surface area contributed by atoms with E-state index in [0.29, 0.717) is 24.3 Å². The predicted molar refractivity (Wildman–Crippen MR) is 167 cm³/mol. The van der Waals surface area contributed by atoms with Crippen LogP contribution < -0.4 is 10.6 Å². The summed E-state index contributed by atoms with van der Waals surface area (Å²) in [6.07, 6.45) is 19.6. The summed E-state index contributed by atoms with van der Waals surface area (Å²) in [5.74, 6) is 0.663. The van der Waals surface area contributed by atoms with Gasteiger partial charge in [0.15, 0.2) is 0 Å². The van der Waals surface area contributed by atoms with Crippen LogP contribution >= 0.6 is 15.2 Å². The molecule has 10 heteroatoms. The Balaban J connectivity index is 1.57. The molecule has 3 rings (SSSR count). The van der Waals surface area contributed by atoms with Crippen LogP contribution in [0, 0.1) is 0 Å². The van der Waals surface area contributed by atoms with Gasteiger partial charge >= 0.3 is 15.2 Å². The molecule has 8 nitrogen and oxygen atoms in total. The second kappa shape index (κ2) is 16.7. The quantitative estimate of drug-likeness (QED) is 0.0796. The SMILES string of the molecule is CCCCCCCCCCCCCCCCCc1nc2c(P(=O)(O)O)c(P(=O)(O)O)ccc2n1Cc1ccccc1. The van der Waals surface area contributed by atoms with Crippen molar-refractivity contribution in [3.05, 3.63) is 53.9 Å². The van der Waals surface area contributed by atoms with Crippen molar-refractivity contribution in [3.63, 3.8) is 0 Å². The fraction of sp³-hybridized carbons (Fsp3) is 0.581. The molecule has 0 radical (unpaired) electrons. The van der Waals surface area contributed by atoms with Crippen LogP contribution in [-0.2, 0) is 22.1 Å².